The summed E-state index contributed by atoms with van der Waals surface area (Å²) in [6.45, 7) is 4.86. The Morgan fingerprint density at radius 2 is 0.761 bits per heavy atom. The van der Waals surface area contributed by atoms with E-state index < -0.39 is 20.0 Å². The van der Waals surface area contributed by atoms with E-state index in [1.807, 2.05) is 27.2 Å². The molecule has 0 aromatic heterocycles. The zero-order chi connectivity index (χ0) is 52.0. The molecule has 0 aliphatic heterocycles. The first-order valence-corrected chi connectivity index (χ1v) is 32.7. The van der Waals surface area contributed by atoms with Gasteiger partial charge >= 0.3 is 7.82 Å². The molecule has 3 atom stereocenters. The van der Waals surface area contributed by atoms with E-state index in [9.17, 15) is 19.4 Å². The lowest BCUT2D eigenvalue weighted by molar-refractivity contribution is -0.870. The highest BCUT2D eigenvalue weighted by Crippen LogP contribution is 2.43. The number of hydrogen-bond acceptors (Lipinski definition) is 5. The largest absolute Gasteiger partial charge is 0.472 e. The fraction of sp³-hybridized carbons (Fsp3) is 0.919. The van der Waals surface area contributed by atoms with Crippen molar-refractivity contribution in [3.63, 3.8) is 0 Å². The molecule has 0 rings (SSSR count). The molecular weight excluding hydrogens is 900 g/mol. The average molecular weight is 1020 g/mol. The number of likely N-dealkylation sites (N-methyl/N-ethyl adjacent to an activating group) is 1. The van der Waals surface area contributed by atoms with Crippen LogP contribution in [0.1, 0.15) is 316 Å². The van der Waals surface area contributed by atoms with Gasteiger partial charge in [0.05, 0.1) is 39.9 Å². The van der Waals surface area contributed by atoms with Gasteiger partial charge in [0.1, 0.15) is 13.2 Å². The van der Waals surface area contributed by atoms with Gasteiger partial charge in [-0.3, -0.25) is 13.8 Å². The number of quaternary nitrogens is 1. The molecule has 0 radical (unpaired) electrons. The minimum Gasteiger partial charge on any atom is -0.387 e. The number of carbonyl (C=O) groups excluding carboxylic acids is 1. The van der Waals surface area contributed by atoms with Gasteiger partial charge in [0.2, 0.25) is 5.91 Å². The molecule has 0 bridgehead atoms. The molecule has 0 aliphatic carbocycles. The van der Waals surface area contributed by atoms with Crippen molar-refractivity contribution in [1.29, 1.82) is 0 Å². The molecular formula is C62H124N2O6P+. The molecule has 0 spiro atoms. The summed E-state index contributed by atoms with van der Waals surface area (Å²) < 4.78 is 23.7. The number of phosphoric acid groups is 1. The van der Waals surface area contributed by atoms with E-state index in [-0.39, 0.29) is 19.1 Å². The van der Waals surface area contributed by atoms with Crippen LogP contribution in [0.5, 0.6) is 0 Å². The molecule has 3 N–H and O–H groups in total. The molecule has 0 aliphatic rings. The lowest BCUT2D eigenvalue weighted by atomic mass is 10.0. The van der Waals surface area contributed by atoms with Crippen molar-refractivity contribution in [3.8, 4) is 0 Å². The topological polar surface area (TPSA) is 105 Å². The van der Waals surface area contributed by atoms with E-state index >= 15 is 0 Å². The Balaban J connectivity index is 4.00. The molecule has 0 aromatic carbocycles. The highest BCUT2D eigenvalue weighted by Gasteiger charge is 2.27. The third-order valence-corrected chi connectivity index (χ3v) is 15.4. The monoisotopic (exact) mass is 1020 g/mol. The summed E-state index contributed by atoms with van der Waals surface area (Å²) in [5.74, 6) is -0.171. The lowest BCUT2D eigenvalue weighted by Gasteiger charge is -2.25. The van der Waals surface area contributed by atoms with Gasteiger partial charge in [-0.2, -0.15) is 0 Å². The number of allylic oxidation sites excluding steroid dienone is 3. The molecule has 0 heterocycles. The molecule has 8 nitrogen and oxygen atoms in total. The van der Waals surface area contributed by atoms with Crippen molar-refractivity contribution < 1.29 is 32.9 Å². The van der Waals surface area contributed by atoms with Gasteiger partial charge in [0, 0.05) is 6.42 Å². The fourth-order valence-corrected chi connectivity index (χ4v) is 10.2. The van der Waals surface area contributed by atoms with Crippen molar-refractivity contribution in [2.24, 2.45) is 0 Å². The minimum atomic E-state index is -4.34. The Morgan fingerprint density at radius 1 is 0.465 bits per heavy atom. The molecule has 0 fully saturated rings. The second-order valence-electron chi connectivity index (χ2n) is 22.8. The van der Waals surface area contributed by atoms with Crippen LogP contribution in [0.2, 0.25) is 0 Å². The van der Waals surface area contributed by atoms with Gasteiger partial charge in [0.25, 0.3) is 0 Å². The zero-order valence-corrected chi connectivity index (χ0v) is 49.1. The number of aliphatic hydroxyl groups excluding tert-OH is 1. The van der Waals surface area contributed by atoms with Crippen molar-refractivity contribution in [2.45, 2.75) is 328 Å². The highest BCUT2D eigenvalue weighted by atomic mass is 31.2. The molecule has 0 saturated carbocycles. The number of carbonyl (C=O) groups is 1. The van der Waals surface area contributed by atoms with Gasteiger partial charge in [-0.05, 0) is 44.9 Å². The number of amides is 1. The van der Waals surface area contributed by atoms with Crippen molar-refractivity contribution >= 4 is 13.7 Å². The van der Waals surface area contributed by atoms with Crippen LogP contribution in [0.25, 0.3) is 0 Å². The van der Waals surface area contributed by atoms with Crippen molar-refractivity contribution in [3.05, 3.63) is 24.3 Å². The van der Waals surface area contributed by atoms with Crippen LogP contribution >= 0.6 is 7.82 Å². The summed E-state index contributed by atoms with van der Waals surface area (Å²) in [6, 6.07) is -0.843. The number of phosphoric ester groups is 1. The SMILES string of the molecule is CCCCCCCCCC/C=C\CCCCCCCCCCCCCCCCCCCCCCCC(=O)NC(COP(=O)(O)OCC[N+](C)(C)C)C(O)/C=C/CCCCCCCCCCCCCCCC. The first-order valence-electron chi connectivity index (χ1n) is 31.2. The Morgan fingerprint density at radius 3 is 1.08 bits per heavy atom. The van der Waals surface area contributed by atoms with Crippen molar-refractivity contribution in [1.82, 2.24) is 5.32 Å². The fourth-order valence-electron chi connectivity index (χ4n) is 9.51. The third-order valence-electron chi connectivity index (χ3n) is 14.4. The lowest BCUT2D eigenvalue weighted by Crippen LogP contribution is -2.45. The van der Waals surface area contributed by atoms with Gasteiger partial charge in [-0.25, -0.2) is 4.57 Å². The summed E-state index contributed by atoms with van der Waals surface area (Å²) in [7, 11) is 1.59. The smallest absolute Gasteiger partial charge is 0.387 e. The van der Waals surface area contributed by atoms with Crippen LogP contribution in [0, 0.1) is 0 Å². The summed E-state index contributed by atoms with van der Waals surface area (Å²) in [6.07, 6.45) is 68.7. The summed E-state index contributed by atoms with van der Waals surface area (Å²) in [5.41, 5.74) is 0. The van der Waals surface area contributed by atoms with Crippen LogP contribution in [0.4, 0.5) is 0 Å². The normalized spacial score (nSPS) is 14.0. The van der Waals surface area contributed by atoms with Gasteiger partial charge in [-0.15, -0.1) is 0 Å². The molecule has 3 unspecified atom stereocenters. The highest BCUT2D eigenvalue weighted by molar-refractivity contribution is 7.47. The average Bonchev–Trinajstić information content (AvgIpc) is 3.33. The molecule has 9 heteroatoms. The van der Waals surface area contributed by atoms with Crippen molar-refractivity contribution in [2.75, 3.05) is 40.9 Å². The number of nitrogens with one attached hydrogen (secondary N) is 1. The van der Waals surface area contributed by atoms with E-state index in [2.05, 4.69) is 31.3 Å². The van der Waals surface area contributed by atoms with E-state index in [1.165, 1.54) is 257 Å². The van der Waals surface area contributed by atoms with Gasteiger partial charge < -0.3 is 19.8 Å². The van der Waals surface area contributed by atoms with Crippen LogP contribution in [0.3, 0.4) is 0 Å². The van der Waals surface area contributed by atoms with Crippen LogP contribution in [-0.2, 0) is 18.4 Å². The Hall–Kier alpha value is -1.02. The maximum Gasteiger partial charge on any atom is 0.472 e. The van der Waals surface area contributed by atoms with E-state index in [4.69, 9.17) is 9.05 Å². The molecule has 422 valence electrons. The Bertz CT molecular complexity index is 1210. The number of hydrogen-bond donors (Lipinski definition) is 3. The van der Waals surface area contributed by atoms with Crippen LogP contribution in [-0.4, -0.2) is 73.4 Å². The number of unbranched alkanes of at least 4 members (excludes halogenated alkanes) is 43. The second-order valence-corrected chi connectivity index (χ2v) is 24.2. The van der Waals surface area contributed by atoms with Gasteiger partial charge in [-0.1, -0.05) is 289 Å². The van der Waals surface area contributed by atoms with E-state index in [0.29, 0.717) is 17.4 Å². The van der Waals surface area contributed by atoms with E-state index in [0.717, 1.165) is 38.5 Å². The quantitative estimate of drug-likeness (QED) is 0.0243. The maximum atomic E-state index is 13.0. The predicted molar refractivity (Wildman–Crippen MR) is 309 cm³/mol. The summed E-state index contributed by atoms with van der Waals surface area (Å²) in [4.78, 5) is 23.3. The van der Waals surface area contributed by atoms with E-state index in [1.54, 1.807) is 6.08 Å². The molecule has 1 amide bonds. The van der Waals surface area contributed by atoms with Crippen LogP contribution < -0.4 is 5.32 Å². The Labute approximate surface area is 443 Å². The van der Waals surface area contributed by atoms with Gasteiger partial charge in [0.15, 0.2) is 0 Å². The number of aliphatic hydroxyl groups is 1. The third kappa shape index (κ3) is 56.5. The number of nitrogens with zero attached hydrogens (tertiary/aromatic N) is 1. The summed E-state index contributed by atoms with van der Waals surface area (Å²) >= 11 is 0. The standard InChI is InChI=1S/C62H123N2O6P/c1-6-8-10-12-14-16-18-20-22-24-25-26-27-28-29-30-31-32-33-34-35-36-37-38-39-40-42-44-46-48-50-52-54-56-62(66)63-60(59-70-71(67,68)69-58-57-64(3,4)5)61(65)55-53-51-49-47-45-43-41-23-21-19-17-15-13-11-9-7-2/h24-25,53,55,60-61,65H,6-23,26-52,54,56-59H2,1-5H3,(H-,63,66,67,68)/p+1/b25-24-,55-53+. The Kier molecular flexibility index (Phi) is 53.0. The molecule has 71 heavy (non-hydrogen) atoms. The number of rotatable bonds is 58. The molecule has 0 aromatic rings. The second kappa shape index (κ2) is 53.8. The molecule has 0 saturated heterocycles. The first kappa shape index (κ1) is 70.0. The minimum absolute atomic E-state index is 0.0642. The first-order chi connectivity index (χ1) is 34.5. The predicted octanol–water partition coefficient (Wildman–Crippen LogP) is 19.2. The maximum absolute atomic E-state index is 13.0. The zero-order valence-electron chi connectivity index (χ0n) is 48.2. The summed E-state index contributed by atoms with van der Waals surface area (Å²) in [5, 5.41) is 13.9. The van der Waals surface area contributed by atoms with Crippen LogP contribution in [0.15, 0.2) is 24.3 Å².